The number of hydrogen-bond acceptors (Lipinski definition) is 4. The van der Waals surface area contributed by atoms with Crippen LogP contribution in [-0.2, 0) is 6.54 Å². The summed E-state index contributed by atoms with van der Waals surface area (Å²) in [6, 6.07) is 23.7. The molecule has 0 saturated carbocycles. The van der Waals surface area contributed by atoms with E-state index in [9.17, 15) is 4.79 Å². The maximum Gasteiger partial charge on any atom is 0.260 e. The summed E-state index contributed by atoms with van der Waals surface area (Å²) in [5, 5.41) is 7.13. The second-order valence-electron chi connectivity index (χ2n) is 6.75. The zero-order valence-electron chi connectivity index (χ0n) is 15.6. The summed E-state index contributed by atoms with van der Waals surface area (Å²) in [5.74, 6) is -0.0537. The van der Waals surface area contributed by atoms with Crippen LogP contribution in [0, 0.1) is 0 Å². The number of hydrogen-bond donors (Lipinski definition) is 0. The van der Waals surface area contributed by atoms with Crippen LogP contribution >= 0.6 is 11.3 Å². The first kappa shape index (κ1) is 17.6. The molecule has 0 fully saturated rings. The molecule has 2 aromatic heterocycles. The zero-order valence-corrected chi connectivity index (χ0v) is 16.4. The molecule has 2 heterocycles. The Hall–Kier alpha value is -3.51. The molecule has 142 valence electrons. The molecule has 0 aliphatic heterocycles. The smallest absolute Gasteiger partial charge is 0.260 e. The Labute approximate surface area is 171 Å². The van der Waals surface area contributed by atoms with Gasteiger partial charge in [0.25, 0.3) is 5.91 Å². The van der Waals surface area contributed by atoms with Crippen LogP contribution < -0.4 is 4.90 Å². The predicted octanol–water partition coefficient (Wildman–Crippen LogP) is 4.99. The van der Waals surface area contributed by atoms with Crippen LogP contribution in [0.3, 0.4) is 0 Å². The van der Waals surface area contributed by atoms with Crippen molar-refractivity contribution in [1.29, 1.82) is 0 Å². The number of aromatic nitrogens is 3. The molecule has 6 heteroatoms. The van der Waals surface area contributed by atoms with Crippen molar-refractivity contribution < 1.29 is 4.79 Å². The molecule has 3 aromatic carbocycles. The van der Waals surface area contributed by atoms with Gasteiger partial charge in [-0.15, -0.1) is 0 Å². The lowest BCUT2D eigenvalue weighted by molar-refractivity contribution is 0.0986. The lowest BCUT2D eigenvalue weighted by Crippen LogP contribution is -2.34. The van der Waals surface area contributed by atoms with Crippen molar-refractivity contribution >= 4 is 43.4 Å². The molecule has 0 radical (unpaired) electrons. The van der Waals surface area contributed by atoms with E-state index in [4.69, 9.17) is 4.98 Å². The van der Waals surface area contributed by atoms with Crippen molar-refractivity contribution in [1.82, 2.24) is 14.8 Å². The van der Waals surface area contributed by atoms with Gasteiger partial charge in [0, 0.05) is 24.5 Å². The van der Waals surface area contributed by atoms with Crippen LogP contribution in [0.5, 0.6) is 0 Å². The number of rotatable bonds is 5. The van der Waals surface area contributed by atoms with Crippen molar-refractivity contribution in [2.75, 3.05) is 11.4 Å². The highest BCUT2D eigenvalue weighted by Gasteiger charge is 2.21. The SMILES string of the molecule is O=C(c1ccc2ccccc2c1)N(CCn1cccn1)c1nc2ccccc2s1. The summed E-state index contributed by atoms with van der Waals surface area (Å²) in [6.07, 6.45) is 3.64. The highest BCUT2D eigenvalue weighted by atomic mass is 32.1. The van der Waals surface area contributed by atoms with E-state index >= 15 is 0 Å². The molecule has 0 aliphatic rings. The number of amides is 1. The summed E-state index contributed by atoms with van der Waals surface area (Å²) in [5.41, 5.74) is 1.56. The molecule has 29 heavy (non-hydrogen) atoms. The Morgan fingerprint density at radius 3 is 2.62 bits per heavy atom. The van der Waals surface area contributed by atoms with Gasteiger partial charge in [0.2, 0.25) is 0 Å². The minimum absolute atomic E-state index is 0.0537. The number of nitrogens with zero attached hydrogens (tertiary/aromatic N) is 4. The maximum absolute atomic E-state index is 13.5. The summed E-state index contributed by atoms with van der Waals surface area (Å²) in [7, 11) is 0. The van der Waals surface area contributed by atoms with E-state index in [1.807, 2.05) is 83.7 Å². The van der Waals surface area contributed by atoms with Gasteiger partial charge in [0.15, 0.2) is 5.13 Å². The van der Waals surface area contributed by atoms with E-state index in [2.05, 4.69) is 5.10 Å². The fourth-order valence-electron chi connectivity index (χ4n) is 3.37. The molecule has 0 spiro atoms. The molecule has 1 amide bonds. The van der Waals surface area contributed by atoms with Gasteiger partial charge in [-0.05, 0) is 41.1 Å². The molecule has 0 N–H and O–H groups in total. The van der Waals surface area contributed by atoms with E-state index in [-0.39, 0.29) is 5.91 Å². The van der Waals surface area contributed by atoms with E-state index in [1.165, 1.54) is 11.3 Å². The first-order valence-electron chi connectivity index (χ1n) is 9.42. The van der Waals surface area contributed by atoms with Gasteiger partial charge in [0.05, 0.1) is 16.8 Å². The van der Waals surface area contributed by atoms with E-state index in [0.29, 0.717) is 23.8 Å². The monoisotopic (exact) mass is 398 g/mol. The Morgan fingerprint density at radius 2 is 1.79 bits per heavy atom. The minimum Gasteiger partial charge on any atom is -0.282 e. The maximum atomic E-state index is 13.5. The van der Waals surface area contributed by atoms with Crippen LogP contribution in [-0.4, -0.2) is 27.2 Å². The number of benzene rings is 3. The molecular weight excluding hydrogens is 380 g/mol. The highest BCUT2D eigenvalue weighted by molar-refractivity contribution is 7.22. The summed E-state index contributed by atoms with van der Waals surface area (Å²) in [6.45, 7) is 1.09. The summed E-state index contributed by atoms with van der Waals surface area (Å²) < 4.78 is 2.89. The fraction of sp³-hybridized carbons (Fsp3) is 0.0870. The van der Waals surface area contributed by atoms with Crippen molar-refractivity contribution in [2.24, 2.45) is 0 Å². The van der Waals surface area contributed by atoms with Crippen molar-refractivity contribution in [3.8, 4) is 0 Å². The van der Waals surface area contributed by atoms with Crippen LogP contribution in [0.4, 0.5) is 5.13 Å². The molecular formula is C23H18N4OS. The van der Waals surface area contributed by atoms with Crippen molar-refractivity contribution in [2.45, 2.75) is 6.54 Å². The Bertz CT molecular complexity index is 1260. The highest BCUT2D eigenvalue weighted by Crippen LogP contribution is 2.30. The number of anilines is 1. The van der Waals surface area contributed by atoms with Crippen LogP contribution in [0.25, 0.3) is 21.0 Å². The van der Waals surface area contributed by atoms with Gasteiger partial charge < -0.3 is 0 Å². The van der Waals surface area contributed by atoms with Crippen molar-refractivity contribution in [3.05, 3.63) is 90.8 Å². The third-order valence-electron chi connectivity index (χ3n) is 4.87. The Kier molecular flexibility index (Phi) is 4.54. The Morgan fingerprint density at radius 1 is 0.966 bits per heavy atom. The molecule has 5 aromatic rings. The van der Waals surface area contributed by atoms with Gasteiger partial charge in [-0.2, -0.15) is 5.10 Å². The molecule has 5 nitrogen and oxygen atoms in total. The lowest BCUT2D eigenvalue weighted by atomic mass is 10.1. The summed E-state index contributed by atoms with van der Waals surface area (Å²) in [4.78, 5) is 20.0. The third-order valence-corrected chi connectivity index (χ3v) is 5.93. The molecule has 0 aliphatic carbocycles. The normalized spacial score (nSPS) is 11.2. The lowest BCUT2D eigenvalue weighted by Gasteiger charge is -2.20. The largest absolute Gasteiger partial charge is 0.282 e. The van der Waals surface area contributed by atoms with E-state index in [0.717, 1.165) is 21.0 Å². The topological polar surface area (TPSA) is 51.0 Å². The molecule has 0 atom stereocenters. The van der Waals surface area contributed by atoms with Gasteiger partial charge in [0.1, 0.15) is 0 Å². The van der Waals surface area contributed by atoms with Crippen LogP contribution in [0.1, 0.15) is 10.4 Å². The fourth-order valence-corrected chi connectivity index (χ4v) is 4.36. The van der Waals surface area contributed by atoms with Crippen LogP contribution in [0.15, 0.2) is 85.2 Å². The molecule has 0 saturated heterocycles. The van der Waals surface area contributed by atoms with Gasteiger partial charge in [-0.3, -0.25) is 14.4 Å². The number of carbonyl (C=O) groups excluding carboxylic acids is 1. The van der Waals surface area contributed by atoms with Gasteiger partial charge in [-0.25, -0.2) is 4.98 Å². The molecule has 0 unspecified atom stereocenters. The quantitative estimate of drug-likeness (QED) is 0.419. The predicted molar refractivity (Wildman–Crippen MR) is 117 cm³/mol. The third kappa shape index (κ3) is 3.50. The average Bonchev–Trinajstić information content (AvgIpc) is 3.43. The van der Waals surface area contributed by atoms with Crippen LogP contribution in [0.2, 0.25) is 0 Å². The zero-order chi connectivity index (χ0) is 19.6. The second-order valence-corrected chi connectivity index (χ2v) is 7.76. The number of para-hydroxylation sites is 1. The molecule has 0 bridgehead atoms. The standard InChI is InChI=1S/C23H18N4OS/c28-22(19-11-10-17-6-1-2-7-18(17)16-19)27(15-14-26-13-5-12-24-26)23-25-20-8-3-4-9-21(20)29-23/h1-13,16H,14-15H2. The minimum atomic E-state index is -0.0537. The number of thiazole rings is 1. The first-order valence-corrected chi connectivity index (χ1v) is 10.2. The molecule has 5 rings (SSSR count). The van der Waals surface area contributed by atoms with Gasteiger partial charge in [-0.1, -0.05) is 53.8 Å². The van der Waals surface area contributed by atoms with E-state index < -0.39 is 0 Å². The average molecular weight is 398 g/mol. The number of carbonyl (C=O) groups is 1. The number of fused-ring (bicyclic) bond motifs is 2. The first-order chi connectivity index (χ1) is 14.3. The summed E-state index contributed by atoms with van der Waals surface area (Å²) >= 11 is 1.53. The van der Waals surface area contributed by atoms with E-state index in [1.54, 1.807) is 11.1 Å². The second kappa shape index (κ2) is 7.48. The Balaban J connectivity index is 1.53. The van der Waals surface area contributed by atoms with Gasteiger partial charge >= 0.3 is 0 Å². The van der Waals surface area contributed by atoms with Crippen molar-refractivity contribution in [3.63, 3.8) is 0 Å².